The van der Waals surface area contributed by atoms with Crippen molar-refractivity contribution in [2.24, 2.45) is 5.73 Å². The number of amides is 2. The second-order valence-electron chi connectivity index (χ2n) is 7.96. The minimum Gasteiger partial charge on any atom is -0.368 e. The fourth-order valence-corrected chi connectivity index (χ4v) is 4.63. The molecule has 0 bridgehead atoms. The Morgan fingerprint density at radius 1 is 0.774 bits per heavy atom. The van der Waals surface area contributed by atoms with Crippen molar-refractivity contribution in [3.05, 3.63) is 108 Å². The fourth-order valence-electron chi connectivity index (χ4n) is 4.63. The van der Waals surface area contributed by atoms with Crippen LogP contribution < -0.4 is 11.1 Å². The van der Waals surface area contributed by atoms with Gasteiger partial charge in [-0.3, -0.25) is 9.59 Å². The van der Waals surface area contributed by atoms with Crippen LogP contribution in [0.3, 0.4) is 0 Å². The van der Waals surface area contributed by atoms with Crippen LogP contribution in [0.4, 0.5) is 0 Å². The molecule has 31 heavy (non-hydrogen) atoms. The number of hydrogen-bond donors (Lipinski definition) is 2. The first kappa shape index (κ1) is 19.1. The normalized spacial score (nSPS) is 13.4. The van der Waals surface area contributed by atoms with E-state index >= 15 is 0 Å². The van der Waals surface area contributed by atoms with E-state index in [1.807, 2.05) is 91.0 Å². The van der Waals surface area contributed by atoms with Gasteiger partial charge in [0.15, 0.2) is 0 Å². The van der Waals surface area contributed by atoms with Gasteiger partial charge in [0.2, 0.25) is 11.8 Å². The Morgan fingerprint density at radius 3 is 2.00 bits per heavy atom. The van der Waals surface area contributed by atoms with Crippen molar-refractivity contribution in [2.75, 3.05) is 0 Å². The standard InChI is InChI=1S/C27H22N2O2/c28-27(31)26(25-22-11-5-3-9-20(22)21-10-4-6-12-23(21)25)29-24(30)16-17-13-14-18-7-1-2-8-19(18)15-17/h1-15,25-26H,16H2,(H2,28,31)(H,29,30)/t26-/m0/s1. The number of hydrogen-bond acceptors (Lipinski definition) is 2. The Bertz CT molecular complexity index is 1270. The molecule has 4 aromatic rings. The summed E-state index contributed by atoms with van der Waals surface area (Å²) in [7, 11) is 0. The summed E-state index contributed by atoms with van der Waals surface area (Å²) in [6, 6.07) is 29.1. The van der Waals surface area contributed by atoms with E-state index in [1.54, 1.807) is 0 Å². The van der Waals surface area contributed by atoms with Crippen molar-refractivity contribution in [1.82, 2.24) is 5.32 Å². The van der Waals surface area contributed by atoms with Crippen molar-refractivity contribution in [2.45, 2.75) is 18.4 Å². The molecule has 1 aliphatic carbocycles. The largest absolute Gasteiger partial charge is 0.368 e. The minimum absolute atomic E-state index is 0.185. The highest BCUT2D eigenvalue weighted by Crippen LogP contribution is 2.46. The SMILES string of the molecule is NC(=O)[C@@H](NC(=O)Cc1ccc2ccccc2c1)C1c2ccccc2-c2ccccc21. The molecule has 0 aromatic heterocycles. The van der Waals surface area contributed by atoms with Crippen molar-refractivity contribution >= 4 is 22.6 Å². The lowest BCUT2D eigenvalue weighted by Gasteiger charge is -2.24. The topological polar surface area (TPSA) is 72.2 Å². The van der Waals surface area contributed by atoms with Gasteiger partial charge in [0.1, 0.15) is 6.04 Å². The number of carbonyl (C=O) groups is 2. The van der Waals surface area contributed by atoms with E-state index in [2.05, 4.69) is 5.32 Å². The Hall–Kier alpha value is -3.92. The highest BCUT2D eigenvalue weighted by molar-refractivity contribution is 5.92. The zero-order valence-corrected chi connectivity index (χ0v) is 16.9. The number of primary amides is 1. The summed E-state index contributed by atoms with van der Waals surface area (Å²) in [6.45, 7) is 0. The van der Waals surface area contributed by atoms with Crippen LogP contribution in [0.25, 0.3) is 21.9 Å². The maximum absolute atomic E-state index is 12.9. The summed E-state index contributed by atoms with van der Waals surface area (Å²) in [5.41, 5.74) is 10.9. The average Bonchev–Trinajstić information content (AvgIpc) is 3.11. The van der Waals surface area contributed by atoms with Gasteiger partial charge in [-0.2, -0.15) is 0 Å². The maximum atomic E-state index is 12.9. The molecule has 5 rings (SSSR count). The van der Waals surface area contributed by atoms with Gasteiger partial charge in [0, 0.05) is 5.92 Å². The minimum atomic E-state index is -0.822. The summed E-state index contributed by atoms with van der Waals surface area (Å²) in [4.78, 5) is 25.4. The van der Waals surface area contributed by atoms with Gasteiger partial charge < -0.3 is 11.1 Å². The third-order valence-corrected chi connectivity index (χ3v) is 6.02. The average molecular weight is 406 g/mol. The highest BCUT2D eigenvalue weighted by atomic mass is 16.2. The van der Waals surface area contributed by atoms with Gasteiger partial charge >= 0.3 is 0 Å². The van der Waals surface area contributed by atoms with E-state index in [0.29, 0.717) is 0 Å². The molecule has 0 saturated carbocycles. The van der Waals surface area contributed by atoms with Crippen molar-refractivity contribution in [1.29, 1.82) is 0 Å². The van der Waals surface area contributed by atoms with E-state index in [1.165, 1.54) is 0 Å². The summed E-state index contributed by atoms with van der Waals surface area (Å²) in [5, 5.41) is 5.13. The van der Waals surface area contributed by atoms with Gasteiger partial charge in [-0.25, -0.2) is 0 Å². The van der Waals surface area contributed by atoms with Gasteiger partial charge in [0.05, 0.1) is 6.42 Å². The Labute approximate surface area is 180 Å². The predicted molar refractivity (Wildman–Crippen MR) is 122 cm³/mol. The summed E-state index contributed by atoms with van der Waals surface area (Å²) >= 11 is 0. The van der Waals surface area contributed by atoms with Gasteiger partial charge in [-0.05, 0) is 38.6 Å². The lowest BCUT2D eigenvalue weighted by molar-refractivity contribution is -0.127. The van der Waals surface area contributed by atoms with Crippen molar-refractivity contribution < 1.29 is 9.59 Å². The molecule has 4 heteroatoms. The molecule has 2 amide bonds. The Balaban J connectivity index is 1.44. The molecule has 152 valence electrons. The smallest absolute Gasteiger partial charge is 0.240 e. The Kier molecular flexibility index (Phi) is 4.75. The lowest BCUT2D eigenvalue weighted by Crippen LogP contribution is -2.48. The third kappa shape index (κ3) is 3.46. The first-order chi connectivity index (χ1) is 15.1. The van der Waals surface area contributed by atoms with E-state index in [9.17, 15) is 9.59 Å². The number of nitrogens with one attached hydrogen (secondary N) is 1. The summed E-state index contributed by atoms with van der Waals surface area (Å²) in [6.07, 6.45) is 0.185. The van der Waals surface area contributed by atoms with Crippen molar-refractivity contribution in [3.63, 3.8) is 0 Å². The zero-order chi connectivity index (χ0) is 21.4. The van der Waals surface area contributed by atoms with E-state index in [0.717, 1.165) is 38.6 Å². The van der Waals surface area contributed by atoms with Crippen LogP contribution in [0, 0.1) is 0 Å². The van der Waals surface area contributed by atoms with Crippen LogP contribution >= 0.6 is 0 Å². The molecule has 0 heterocycles. The van der Waals surface area contributed by atoms with Crippen LogP contribution in [0.15, 0.2) is 91.0 Å². The molecule has 1 aliphatic rings. The number of nitrogens with two attached hydrogens (primary N) is 1. The first-order valence-electron chi connectivity index (χ1n) is 10.4. The number of fused-ring (bicyclic) bond motifs is 4. The number of rotatable bonds is 5. The van der Waals surface area contributed by atoms with Crippen LogP contribution in [0.1, 0.15) is 22.6 Å². The number of carbonyl (C=O) groups excluding carboxylic acids is 2. The van der Waals surface area contributed by atoms with Gasteiger partial charge in [-0.1, -0.05) is 91.0 Å². The fraction of sp³-hybridized carbons (Fsp3) is 0.111. The molecule has 0 fully saturated rings. The summed E-state index contributed by atoms with van der Waals surface area (Å²) < 4.78 is 0. The van der Waals surface area contributed by atoms with Crippen LogP contribution in [0.5, 0.6) is 0 Å². The van der Waals surface area contributed by atoms with E-state index in [-0.39, 0.29) is 18.2 Å². The van der Waals surface area contributed by atoms with Crippen molar-refractivity contribution in [3.8, 4) is 11.1 Å². The molecular weight excluding hydrogens is 384 g/mol. The molecule has 0 aliphatic heterocycles. The molecule has 1 atom stereocenters. The lowest BCUT2D eigenvalue weighted by atomic mass is 9.88. The quantitative estimate of drug-likeness (QED) is 0.522. The third-order valence-electron chi connectivity index (χ3n) is 6.02. The summed E-state index contributed by atoms with van der Waals surface area (Å²) in [5.74, 6) is -1.06. The van der Waals surface area contributed by atoms with E-state index in [4.69, 9.17) is 5.73 Å². The van der Waals surface area contributed by atoms with Crippen LogP contribution in [-0.4, -0.2) is 17.9 Å². The molecule has 0 spiro atoms. The predicted octanol–water partition coefficient (Wildman–Crippen LogP) is 4.16. The van der Waals surface area contributed by atoms with Gasteiger partial charge in [0.25, 0.3) is 0 Å². The molecule has 0 radical (unpaired) electrons. The number of benzene rings is 4. The molecule has 0 unspecified atom stereocenters. The molecular formula is C27H22N2O2. The van der Waals surface area contributed by atoms with E-state index < -0.39 is 11.9 Å². The molecule has 0 saturated heterocycles. The monoisotopic (exact) mass is 406 g/mol. The maximum Gasteiger partial charge on any atom is 0.240 e. The molecule has 3 N–H and O–H groups in total. The zero-order valence-electron chi connectivity index (χ0n) is 16.9. The second kappa shape index (κ2) is 7.73. The Morgan fingerprint density at radius 2 is 1.35 bits per heavy atom. The first-order valence-corrected chi connectivity index (χ1v) is 10.4. The molecule has 4 nitrogen and oxygen atoms in total. The second-order valence-corrected chi connectivity index (χ2v) is 7.96. The van der Waals surface area contributed by atoms with Crippen LogP contribution in [-0.2, 0) is 16.0 Å². The van der Waals surface area contributed by atoms with Crippen LogP contribution in [0.2, 0.25) is 0 Å². The van der Waals surface area contributed by atoms with Gasteiger partial charge in [-0.15, -0.1) is 0 Å². The highest BCUT2D eigenvalue weighted by Gasteiger charge is 2.37. The molecule has 4 aromatic carbocycles.